The van der Waals surface area contributed by atoms with E-state index in [4.69, 9.17) is 10.5 Å². The molecule has 18 heavy (non-hydrogen) atoms. The Labute approximate surface area is 108 Å². The normalized spacial score (nSPS) is 10.3. The number of benzene rings is 1. The van der Waals surface area contributed by atoms with Crippen LogP contribution in [0.1, 0.15) is 16.2 Å². The Morgan fingerprint density at radius 2 is 2.28 bits per heavy atom. The maximum absolute atomic E-state index is 11.6. The predicted octanol–water partition coefficient (Wildman–Crippen LogP) is 1.63. The van der Waals surface area contributed by atoms with Gasteiger partial charge in [-0.05, 0) is 30.8 Å². The highest BCUT2D eigenvalue weighted by atomic mass is 32.2. The number of nitrogens with zero attached hydrogens (tertiary/aromatic N) is 2. The second-order valence-corrected chi connectivity index (χ2v) is 4.50. The summed E-state index contributed by atoms with van der Waals surface area (Å²) in [6, 6.07) is 5.08. The fraction of sp³-hybridized carbons (Fsp3) is 0.182. The van der Waals surface area contributed by atoms with Gasteiger partial charge in [0.1, 0.15) is 5.82 Å². The zero-order valence-electron chi connectivity index (χ0n) is 9.93. The van der Waals surface area contributed by atoms with E-state index < -0.39 is 5.97 Å². The number of aromatic nitrogens is 3. The first-order valence-electron chi connectivity index (χ1n) is 5.15. The number of methoxy groups -OCH3 is 1. The Bertz CT molecular complexity index is 582. The van der Waals surface area contributed by atoms with Gasteiger partial charge in [0.05, 0.1) is 17.6 Å². The Morgan fingerprint density at radius 3 is 2.89 bits per heavy atom. The van der Waals surface area contributed by atoms with Gasteiger partial charge in [-0.15, -0.1) is 5.10 Å². The largest absolute Gasteiger partial charge is 0.465 e. The minimum Gasteiger partial charge on any atom is -0.465 e. The molecule has 0 saturated carbocycles. The third-order valence-electron chi connectivity index (χ3n) is 2.22. The molecular formula is C11H12N4O2S. The highest BCUT2D eigenvalue weighted by molar-refractivity contribution is 7.99. The lowest BCUT2D eigenvalue weighted by Crippen LogP contribution is -2.05. The lowest BCUT2D eigenvalue weighted by Gasteiger charge is -2.08. The summed E-state index contributed by atoms with van der Waals surface area (Å²) in [6.45, 7) is 1.80. The van der Waals surface area contributed by atoms with Gasteiger partial charge in [-0.1, -0.05) is 6.07 Å². The van der Waals surface area contributed by atoms with Crippen LogP contribution in [0.5, 0.6) is 0 Å². The molecular weight excluding hydrogens is 252 g/mol. The molecule has 0 aliphatic heterocycles. The first-order chi connectivity index (χ1) is 8.61. The number of carbonyl (C=O) groups is 1. The van der Waals surface area contributed by atoms with E-state index in [1.54, 1.807) is 25.1 Å². The Kier molecular flexibility index (Phi) is 3.52. The number of anilines is 1. The summed E-state index contributed by atoms with van der Waals surface area (Å²) >= 11 is 1.23. The van der Waals surface area contributed by atoms with E-state index in [0.29, 0.717) is 27.1 Å². The van der Waals surface area contributed by atoms with Crippen molar-refractivity contribution in [3.8, 4) is 0 Å². The van der Waals surface area contributed by atoms with Crippen molar-refractivity contribution in [1.82, 2.24) is 15.2 Å². The van der Waals surface area contributed by atoms with E-state index in [2.05, 4.69) is 15.2 Å². The van der Waals surface area contributed by atoms with E-state index in [9.17, 15) is 4.79 Å². The molecule has 2 aromatic rings. The molecule has 0 radical (unpaired) electrons. The third-order valence-corrected chi connectivity index (χ3v) is 3.25. The topological polar surface area (TPSA) is 93.9 Å². The van der Waals surface area contributed by atoms with Gasteiger partial charge in [0, 0.05) is 5.69 Å². The zero-order valence-corrected chi connectivity index (χ0v) is 10.7. The average molecular weight is 264 g/mol. The van der Waals surface area contributed by atoms with Crippen molar-refractivity contribution in [2.75, 3.05) is 12.8 Å². The molecule has 1 aromatic carbocycles. The zero-order chi connectivity index (χ0) is 13.1. The van der Waals surface area contributed by atoms with Crippen LogP contribution in [0.2, 0.25) is 0 Å². The van der Waals surface area contributed by atoms with Crippen LogP contribution in [0.3, 0.4) is 0 Å². The van der Waals surface area contributed by atoms with E-state index in [1.807, 2.05) is 0 Å². The smallest absolute Gasteiger partial charge is 0.339 e. The molecule has 2 rings (SSSR count). The standard InChI is InChI=1S/C11H12N4O2S/c1-6-13-11(15-14-6)18-9-7(10(16)17-2)4-3-5-8(9)12/h3-5H,12H2,1-2H3,(H,13,14,15). The predicted molar refractivity (Wildman–Crippen MR) is 67.4 cm³/mol. The molecule has 1 heterocycles. The number of hydrogen-bond donors (Lipinski definition) is 2. The monoisotopic (exact) mass is 264 g/mol. The minimum atomic E-state index is -0.433. The van der Waals surface area contributed by atoms with Crippen LogP contribution in [0, 0.1) is 6.92 Å². The maximum Gasteiger partial charge on any atom is 0.339 e. The van der Waals surface area contributed by atoms with Gasteiger partial charge in [0.15, 0.2) is 0 Å². The van der Waals surface area contributed by atoms with Crippen molar-refractivity contribution in [3.63, 3.8) is 0 Å². The van der Waals surface area contributed by atoms with E-state index >= 15 is 0 Å². The summed E-state index contributed by atoms with van der Waals surface area (Å²) in [5.41, 5.74) is 6.77. The first-order valence-corrected chi connectivity index (χ1v) is 5.97. The molecule has 7 heteroatoms. The summed E-state index contributed by atoms with van der Waals surface area (Å²) < 4.78 is 4.72. The molecule has 0 spiro atoms. The van der Waals surface area contributed by atoms with E-state index in [-0.39, 0.29) is 0 Å². The van der Waals surface area contributed by atoms with Gasteiger partial charge in [-0.2, -0.15) is 0 Å². The van der Waals surface area contributed by atoms with Gasteiger partial charge < -0.3 is 10.5 Å². The molecule has 0 aliphatic rings. The molecule has 94 valence electrons. The highest BCUT2D eigenvalue weighted by Crippen LogP contribution is 2.33. The van der Waals surface area contributed by atoms with Gasteiger partial charge in [-0.25, -0.2) is 9.78 Å². The summed E-state index contributed by atoms with van der Waals surface area (Å²) in [6.07, 6.45) is 0. The first kappa shape index (κ1) is 12.4. The SMILES string of the molecule is COC(=O)c1cccc(N)c1Sc1n[nH]c(C)n1. The number of ether oxygens (including phenoxy) is 1. The van der Waals surface area contributed by atoms with Crippen molar-refractivity contribution in [2.24, 2.45) is 0 Å². The number of esters is 1. The number of H-pyrrole nitrogens is 1. The van der Waals surface area contributed by atoms with Crippen molar-refractivity contribution < 1.29 is 9.53 Å². The lowest BCUT2D eigenvalue weighted by molar-refractivity contribution is 0.0597. The van der Waals surface area contributed by atoms with Crippen LogP contribution in [-0.2, 0) is 4.74 Å². The van der Waals surface area contributed by atoms with Crippen LogP contribution in [0.25, 0.3) is 0 Å². The fourth-order valence-corrected chi connectivity index (χ4v) is 2.30. The number of aryl methyl sites for hydroxylation is 1. The average Bonchev–Trinajstić information content (AvgIpc) is 2.76. The third kappa shape index (κ3) is 2.45. The molecule has 0 bridgehead atoms. The summed E-state index contributed by atoms with van der Waals surface area (Å²) in [5, 5.41) is 7.24. The second kappa shape index (κ2) is 5.09. The lowest BCUT2D eigenvalue weighted by atomic mass is 10.2. The number of nitrogen functional groups attached to an aromatic ring is 1. The molecule has 6 nitrogen and oxygen atoms in total. The van der Waals surface area contributed by atoms with Crippen molar-refractivity contribution in [3.05, 3.63) is 29.6 Å². The van der Waals surface area contributed by atoms with Gasteiger partial charge in [-0.3, -0.25) is 5.10 Å². The number of hydrogen-bond acceptors (Lipinski definition) is 6. The Hall–Kier alpha value is -2.02. The maximum atomic E-state index is 11.6. The number of carbonyl (C=O) groups excluding carboxylic acids is 1. The molecule has 0 unspecified atom stereocenters. The van der Waals surface area contributed by atoms with Crippen molar-refractivity contribution >= 4 is 23.4 Å². The van der Waals surface area contributed by atoms with Gasteiger partial charge in [0.2, 0.25) is 5.16 Å². The molecule has 0 saturated heterocycles. The molecule has 1 aromatic heterocycles. The van der Waals surface area contributed by atoms with Crippen molar-refractivity contribution in [2.45, 2.75) is 17.0 Å². The molecule has 0 aliphatic carbocycles. The molecule has 0 fully saturated rings. The van der Waals surface area contributed by atoms with Crippen LogP contribution in [0.4, 0.5) is 5.69 Å². The van der Waals surface area contributed by atoms with Crippen LogP contribution in [0.15, 0.2) is 28.3 Å². The summed E-state index contributed by atoms with van der Waals surface area (Å²) in [7, 11) is 1.33. The summed E-state index contributed by atoms with van der Waals surface area (Å²) in [5.74, 6) is 0.267. The van der Waals surface area contributed by atoms with Crippen LogP contribution >= 0.6 is 11.8 Å². The van der Waals surface area contributed by atoms with Gasteiger partial charge in [0.25, 0.3) is 0 Å². The second-order valence-electron chi connectivity index (χ2n) is 3.52. The van der Waals surface area contributed by atoms with E-state index in [1.165, 1.54) is 18.9 Å². The number of nitrogens with one attached hydrogen (secondary N) is 1. The van der Waals surface area contributed by atoms with Gasteiger partial charge >= 0.3 is 5.97 Å². The molecule has 0 amide bonds. The number of aromatic amines is 1. The number of nitrogens with two attached hydrogens (primary N) is 1. The van der Waals surface area contributed by atoms with Crippen LogP contribution in [-0.4, -0.2) is 28.3 Å². The fourth-order valence-electron chi connectivity index (χ4n) is 1.40. The van der Waals surface area contributed by atoms with E-state index in [0.717, 1.165) is 0 Å². The summed E-state index contributed by atoms with van der Waals surface area (Å²) in [4.78, 5) is 16.4. The number of rotatable bonds is 3. The minimum absolute atomic E-state index is 0.407. The Morgan fingerprint density at radius 1 is 1.50 bits per heavy atom. The van der Waals surface area contributed by atoms with Crippen molar-refractivity contribution in [1.29, 1.82) is 0 Å². The quantitative estimate of drug-likeness (QED) is 0.646. The molecule has 3 N–H and O–H groups in total. The molecule has 0 atom stereocenters. The Balaban J connectivity index is 2.39. The highest BCUT2D eigenvalue weighted by Gasteiger charge is 2.16. The van der Waals surface area contributed by atoms with Crippen LogP contribution < -0.4 is 5.73 Å².